The van der Waals surface area contributed by atoms with Gasteiger partial charge in [0.05, 0.1) is 86.0 Å². The maximum atomic E-state index is 12.3. The van der Waals surface area contributed by atoms with Gasteiger partial charge in [-0.25, -0.2) is 0 Å². The Morgan fingerprint density at radius 2 is 1.39 bits per heavy atom. The summed E-state index contributed by atoms with van der Waals surface area (Å²) >= 11 is 0. The first-order valence-corrected chi connectivity index (χ1v) is 36.7. The van der Waals surface area contributed by atoms with Crippen LogP contribution in [0.1, 0.15) is 146 Å². The molecule has 0 amide bonds. The van der Waals surface area contributed by atoms with Crippen LogP contribution in [0.3, 0.4) is 0 Å². The molecule has 1 N–H and O–H groups in total. The molecule has 0 saturated carbocycles. The molecule has 4 bridgehead atoms. The molecule has 0 aromatic carbocycles. The van der Waals surface area contributed by atoms with Crippen LogP contribution in [0.15, 0.2) is 37.0 Å². The average molecular weight is 1060 g/mol. The normalized spacial score (nSPS) is 36.8. The van der Waals surface area contributed by atoms with E-state index < -0.39 is 42.9 Å². The number of ether oxygens (including phenoxy) is 7. The molecule has 17 atom stereocenters. The van der Waals surface area contributed by atoms with Gasteiger partial charge in [-0.15, -0.1) is 6.58 Å². The Bertz CT molecular complexity index is 1700. The van der Waals surface area contributed by atoms with Crippen LogP contribution in [0.5, 0.6) is 0 Å². The molecule has 0 aromatic heterocycles. The van der Waals surface area contributed by atoms with Crippen molar-refractivity contribution in [3.63, 3.8) is 0 Å². The van der Waals surface area contributed by atoms with Gasteiger partial charge >= 0.3 is 0 Å². The van der Waals surface area contributed by atoms with E-state index in [0.29, 0.717) is 51.6 Å². The second kappa shape index (κ2) is 27.1. The van der Waals surface area contributed by atoms with Crippen LogP contribution in [-0.4, -0.2) is 141 Å². The van der Waals surface area contributed by atoms with Crippen LogP contribution in [0.25, 0.3) is 0 Å². The van der Waals surface area contributed by atoms with Gasteiger partial charge in [-0.1, -0.05) is 88.5 Å². The smallest absolute Gasteiger partial charge is 0.192 e. The SMILES string of the molecule is C=CCC1O[C@@H]2CC(O[C@@]3(CCC4CC(=C)C(CCC5CC(C)C(=C)C(C[C@@H]6O[C@H](CC(CO[Si](CC)(CC)CC)O[Si](CC)(CC)CC)[C@H](OC)C6CC=O)O5)O4)C[C@@H](O)C2O3)C1O[Si](CC)(CC)CC. The van der Waals surface area contributed by atoms with Gasteiger partial charge in [0.15, 0.2) is 30.7 Å². The first kappa shape index (κ1) is 60.3. The van der Waals surface area contributed by atoms with E-state index in [0.717, 1.165) is 104 Å². The largest absolute Gasteiger partial charge is 0.414 e. The van der Waals surface area contributed by atoms with E-state index in [1.165, 1.54) is 0 Å². The molecule has 6 aliphatic heterocycles. The highest BCUT2D eigenvalue weighted by atomic mass is 28.4. The highest BCUT2D eigenvalue weighted by molar-refractivity contribution is 6.74. The van der Waals surface area contributed by atoms with Gasteiger partial charge in [-0.05, 0) is 110 Å². The van der Waals surface area contributed by atoms with E-state index in [4.69, 9.17) is 46.4 Å². The summed E-state index contributed by atoms with van der Waals surface area (Å²) in [7, 11) is -4.08. The number of hydrogen-bond acceptors (Lipinski definition) is 12. The number of rotatable bonds is 31. The standard InChI is InChI=1S/C57H102O12Si3/c1-15-25-48-56(69-72(22-8,23-9)24-10)53-36-52(64-48)55-46(59)37-57(66-53,67-55)30-28-43-33-40(12)47(62-43)27-26-42-32-39(11)41(13)49(63-42)35-50-45(29-31-58)54(60-14)51(65-50)34-44(68-71(19-5,20-6)21-7)38-61-70(16-2,17-3)18-4/h15,31,39,42-56,59H,1,12-13,16-30,32-38H2,2-11,14H3/t39?,42?,43?,44?,45?,46-,47?,48?,49?,50+,51-,52-,53?,54-,55?,56?,57-/m1/s1. The van der Waals surface area contributed by atoms with Crippen LogP contribution in [0.4, 0.5) is 0 Å². The molecule has 72 heavy (non-hydrogen) atoms. The molecule has 12 nitrogen and oxygen atoms in total. The summed E-state index contributed by atoms with van der Waals surface area (Å²) in [6.45, 7) is 36.4. The van der Waals surface area contributed by atoms with Crippen molar-refractivity contribution in [1.29, 1.82) is 0 Å². The molecule has 11 unspecified atom stereocenters. The molecule has 15 heteroatoms. The Hall–Kier alpha value is -0.899. The zero-order valence-electron chi connectivity index (χ0n) is 47.0. The van der Waals surface area contributed by atoms with Crippen LogP contribution in [0, 0.1) is 11.8 Å². The number of aldehydes is 1. The van der Waals surface area contributed by atoms with Gasteiger partial charge in [0.2, 0.25) is 0 Å². The van der Waals surface area contributed by atoms with Crippen molar-refractivity contribution in [2.45, 2.75) is 292 Å². The second-order valence-electron chi connectivity index (χ2n) is 22.9. The third kappa shape index (κ3) is 13.9. The van der Waals surface area contributed by atoms with E-state index in [2.05, 4.69) is 89.0 Å². The van der Waals surface area contributed by atoms with Gasteiger partial charge < -0.3 is 56.3 Å². The lowest BCUT2D eigenvalue weighted by Crippen LogP contribution is -2.58. The molecule has 6 fully saturated rings. The Balaban J connectivity index is 1.07. The Kier molecular flexibility index (Phi) is 22.7. The first-order chi connectivity index (χ1) is 34.5. The predicted octanol–water partition coefficient (Wildman–Crippen LogP) is 12.2. The maximum absolute atomic E-state index is 12.3. The number of carbonyl (C=O) groups is 1. The van der Waals surface area contributed by atoms with Crippen molar-refractivity contribution in [2.24, 2.45) is 11.8 Å². The average Bonchev–Trinajstić information content (AvgIpc) is 4.00. The highest BCUT2D eigenvalue weighted by Crippen LogP contribution is 2.49. The van der Waals surface area contributed by atoms with Crippen molar-refractivity contribution in [2.75, 3.05) is 13.7 Å². The maximum Gasteiger partial charge on any atom is 0.192 e. The van der Waals surface area contributed by atoms with Crippen LogP contribution < -0.4 is 0 Å². The number of methoxy groups -OCH3 is 1. The second-order valence-corrected chi connectivity index (χ2v) is 37.1. The molecule has 414 valence electrons. The zero-order valence-corrected chi connectivity index (χ0v) is 50.0. The fourth-order valence-electron chi connectivity index (χ4n) is 13.7. The Morgan fingerprint density at radius 3 is 2.00 bits per heavy atom. The van der Waals surface area contributed by atoms with E-state index in [9.17, 15) is 9.90 Å². The van der Waals surface area contributed by atoms with E-state index >= 15 is 0 Å². The van der Waals surface area contributed by atoms with Crippen molar-refractivity contribution < 1.29 is 56.3 Å². The summed E-state index contributed by atoms with van der Waals surface area (Å²) in [6, 6.07) is 9.59. The summed E-state index contributed by atoms with van der Waals surface area (Å²) in [4.78, 5) is 12.3. The minimum atomic E-state index is -1.99. The van der Waals surface area contributed by atoms with Crippen LogP contribution >= 0.6 is 0 Å². The monoisotopic (exact) mass is 1060 g/mol. The van der Waals surface area contributed by atoms with Gasteiger partial charge in [0.1, 0.15) is 12.4 Å². The molecule has 0 aliphatic carbocycles. The first-order valence-electron chi connectivity index (χ1n) is 29.1. The van der Waals surface area contributed by atoms with Gasteiger partial charge in [-0.2, -0.15) is 0 Å². The summed E-state index contributed by atoms with van der Waals surface area (Å²) in [6.07, 6.45) is 7.92. The fraction of sp³-hybridized carbons (Fsp3) is 0.877. The highest BCUT2D eigenvalue weighted by Gasteiger charge is 2.59. The van der Waals surface area contributed by atoms with Gasteiger partial charge in [-0.3, -0.25) is 0 Å². The number of carbonyl (C=O) groups excluding carboxylic acids is 1. The molecule has 6 heterocycles. The lowest BCUT2D eigenvalue weighted by atomic mass is 9.82. The molecular formula is C57H102O12Si3. The Morgan fingerprint density at radius 1 is 0.736 bits per heavy atom. The fourth-order valence-corrected chi connectivity index (χ4v) is 22.1. The minimum absolute atomic E-state index is 0.0227. The van der Waals surface area contributed by atoms with Crippen LogP contribution in [0.2, 0.25) is 54.4 Å². The third-order valence-electron chi connectivity index (χ3n) is 19.2. The Labute approximate surface area is 440 Å². The predicted molar refractivity (Wildman–Crippen MR) is 294 cm³/mol. The molecule has 0 radical (unpaired) electrons. The zero-order chi connectivity index (χ0) is 52.4. The van der Waals surface area contributed by atoms with Crippen molar-refractivity contribution in [3.8, 4) is 0 Å². The summed E-state index contributed by atoms with van der Waals surface area (Å²) in [5.41, 5.74) is 2.20. The van der Waals surface area contributed by atoms with Crippen molar-refractivity contribution >= 4 is 31.2 Å². The van der Waals surface area contributed by atoms with Gasteiger partial charge in [0, 0.05) is 51.6 Å². The third-order valence-corrected chi connectivity index (χ3v) is 33.2. The molecule has 0 spiro atoms. The van der Waals surface area contributed by atoms with Crippen molar-refractivity contribution in [3.05, 3.63) is 37.0 Å². The molecule has 6 aliphatic rings. The number of aliphatic hydroxyl groups excluding tert-OH is 1. The van der Waals surface area contributed by atoms with E-state index in [1.54, 1.807) is 7.11 Å². The van der Waals surface area contributed by atoms with Crippen molar-refractivity contribution in [1.82, 2.24) is 0 Å². The number of aliphatic hydroxyl groups is 1. The quantitative estimate of drug-likeness (QED) is 0.0403. The van der Waals surface area contributed by atoms with Crippen LogP contribution in [-0.2, 0) is 51.2 Å². The minimum Gasteiger partial charge on any atom is -0.414 e. The molecule has 0 aromatic rings. The topological polar surface area (TPSA) is 130 Å². The number of fused-ring (bicyclic) bond motifs is 5. The molecule has 6 saturated heterocycles. The summed E-state index contributed by atoms with van der Waals surface area (Å²) < 4.78 is 69.0. The van der Waals surface area contributed by atoms with Gasteiger partial charge in [0.25, 0.3) is 0 Å². The lowest BCUT2D eigenvalue weighted by molar-refractivity contribution is -0.256. The lowest BCUT2D eigenvalue weighted by Gasteiger charge is -2.47. The van der Waals surface area contributed by atoms with E-state index in [-0.39, 0.29) is 85.1 Å². The summed E-state index contributed by atoms with van der Waals surface area (Å²) in [5.74, 6) is -0.763. The van der Waals surface area contributed by atoms with E-state index in [1.807, 2.05) is 6.08 Å². The molecular weight excluding hydrogens is 961 g/mol. The molecule has 6 rings (SSSR count). The number of hydrogen-bond donors (Lipinski definition) is 1. The summed E-state index contributed by atoms with van der Waals surface area (Å²) in [5, 5.41) is 11.4.